The van der Waals surface area contributed by atoms with E-state index in [2.05, 4.69) is 9.88 Å². The molecule has 2 aliphatic rings. The minimum absolute atomic E-state index is 0.0539. The predicted octanol–water partition coefficient (Wildman–Crippen LogP) is 3.20. The van der Waals surface area contributed by atoms with Gasteiger partial charge in [-0.15, -0.1) is 22.7 Å². The third-order valence-corrected chi connectivity index (χ3v) is 7.90. The SMILES string of the molecule is O=C([C@H]1COc2ccccc2O1)N1CCN(Cc2nc3scc(-c4cccs4)c3c(=O)[nH]2)CC1. The monoisotopic (exact) mass is 494 g/mol. The van der Waals surface area contributed by atoms with Gasteiger partial charge in [0.15, 0.2) is 11.5 Å². The Morgan fingerprint density at radius 1 is 1.09 bits per heavy atom. The standard InChI is InChI=1S/C24H22N4O4S2/c29-22-21-15(19-6-3-11-33-19)14-34-23(21)26-20(25-22)12-27-7-9-28(10-8-27)24(30)18-13-31-16-4-1-2-5-17(16)32-18/h1-6,11,14,18H,7-10,12-13H2,(H,25,26,29)/t18-/m1/s1. The second kappa shape index (κ2) is 8.86. The lowest BCUT2D eigenvalue weighted by molar-refractivity contribution is -0.143. The number of nitrogens with one attached hydrogen (secondary N) is 1. The molecule has 2 aliphatic heterocycles. The van der Waals surface area contributed by atoms with Crippen molar-refractivity contribution in [1.82, 2.24) is 19.8 Å². The summed E-state index contributed by atoms with van der Waals surface area (Å²) in [5.41, 5.74) is 0.840. The van der Waals surface area contributed by atoms with E-state index in [4.69, 9.17) is 14.5 Å². The molecule has 174 valence electrons. The average molecular weight is 495 g/mol. The van der Waals surface area contributed by atoms with Gasteiger partial charge in [-0.25, -0.2) is 4.98 Å². The third kappa shape index (κ3) is 3.97. The summed E-state index contributed by atoms with van der Waals surface area (Å²) in [6, 6.07) is 11.4. The lowest BCUT2D eigenvalue weighted by Gasteiger charge is -2.36. The number of rotatable bonds is 4. The van der Waals surface area contributed by atoms with Gasteiger partial charge in [0.2, 0.25) is 6.10 Å². The Bertz CT molecular complexity index is 1390. The first-order valence-corrected chi connectivity index (χ1v) is 12.9. The van der Waals surface area contributed by atoms with E-state index in [0.29, 0.717) is 55.4 Å². The van der Waals surface area contributed by atoms with Crippen LogP contribution in [0.4, 0.5) is 0 Å². The number of ether oxygens (including phenoxy) is 2. The molecule has 0 bridgehead atoms. The van der Waals surface area contributed by atoms with Crippen LogP contribution in [-0.4, -0.2) is 64.6 Å². The number of amides is 1. The van der Waals surface area contributed by atoms with Gasteiger partial charge in [0, 0.05) is 42.0 Å². The highest BCUT2D eigenvalue weighted by atomic mass is 32.1. The molecule has 4 aromatic rings. The van der Waals surface area contributed by atoms with Gasteiger partial charge in [0.25, 0.3) is 11.5 Å². The van der Waals surface area contributed by atoms with E-state index in [9.17, 15) is 9.59 Å². The Labute approximate surface area is 203 Å². The van der Waals surface area contributed by atoms with Gasteiger partial charge in [-0.3, -0.25) is 14.5 Å². The van der Waals surface area contributed by atoms with Gasteiger partial charge in [0.05, 0.1) is 11.9 Å². The minimum Gasteiger partial charge on any atom is -0.485 e. The van der Waals surface area contributed by atoms with Crippen molar-refractivity contribution >= 4 is 38.8 Å². The van der Waals surface area contributed by atoms with Crippen LogP contribution in [0.2, 0.25) is 0 Å². The number of fused-ring (bicyclic) bond motifs is 2. The van der Waals surface area contributed by atoms with Crippen LogP contribution in [-0.2, 0) is 11.3 Å². The number of hydrogen-bond donors (Lipinski definition) is 1. The van der Waals surface area contributed by atoms with Crippen LogP contribution in [0.25, 0.3) is 20.7 Å². The second-order valence-corrected chi connectivity index (χ2v) is 10.1. The normalized spacial score (nSPS) is 18.4. The Balaban J connectivity index is 1.09. The van der Waals surface area contributed by atoms with E-state index in [0.717, 1.165) is 15.3 Å². The lowest BCUT2D eigenvalue weighted by atomic mass is 10.2. The maximum absolute atomic E-state index is 13.0. The van der Waals surface area contributed by atoms with Crippen LogP contribution in [0.1, 0.15) is 5.82 Å². The molecule has 34 heavy (non-hydrogen) atoms. The van der Waals surface area contributed by atoms with Crippen LogP contribution in [0.5, 0.6) is 11.5 Å². The summed E-state index contributed by atoms with van der Waals surface area (Å²) in [5, 5.41) is 4.66. The zero-order chi connectivity index (χ0) is 23.1. The number of carbonyl (C=O) groups excluding carboxylic acids is 1. The Morgan fingerprint density at radius 3 is 2.71 bits per heavy atom. The molecule has 8 nitrogen and oxygen atoms in total. The average Bonchev–Trinajstić information content (AvgIpc) is 3.54. The zero-order valence-electron chi connectivity index (χ0n) is 18.2. The maximum atomic E-state index is 13.0. The fourth-order valence-corrected chi connectivity index (χ4v) is 6.15. The zero-order valence-corrected chi connectivity index (χ0v) is 19.9. The number of nitrogens with zero attached hydrogens (tertiary/aromatic N) is 3. The van der Waals surface area contributed by atoms with E-state index >= 15 is 0 Å². The molecule has 10 heteroatoms. The van der Waals surface area contributed by atoms with E-state index in [1.165, 1.54) is 11.3 Å². The van der Waals surface area contributed by atoms with Crippen LogP contribution >= 0.6 is 22.7 Å². The first kappa shape index (κ1) is 21.3. The summed E-state index contributed by atoms with van der Waals surface area (Å²) >= 11 is 3.11. The van der Waals surface area contributed by atoms with E-state index < -0.39 is 6.10 Å². The molecule has 1 atom stereocenters. The largest absolute Gasteiger partial charge is 0.485 e. The fraction of sp³-hybridized carbons (Fsp3) is 0.292. The molecular weight excluding hydrogens is 472 g/mol. The topological polar surface area (TPSA) is 87.8 Å². The molecule has 0 saturated carbocycles. The van der Waals surface area contributed by atoms with Crippen molar-refractivity contribution in [3.05, 3.63) is 63.3 Å². The molecule has 0 spiro atoms. The van der Waals surface area contributed by atoms with Gasteiger partial charge < -0.3 is 19.4 Å². The van der Waals surface area contributed by atoms with Crippen molar-refractivity contribution in [2.45, 2.75) is 12.6 Å². The minimum atomic E-state index is -0.627. The van der Waals surface area contributed by atoms with Crippen molar-refractivity contribution in [2.24, 2.45) is 0 Å². The molecule has 3 aromatic heterocycles. The number of aromatic nitrogens is 2. The van der Waals surface area contributed by atoms with Crippen molar-refractivity contribution in [2.75, 3.05) is 32.8 Å². The summed E-state index contributed by atoms with van der Waals surface area (Å²) in [6.45, 7) is 3.33. The Hall–Kier alpha value is -3.21. The quantitative estimate of drug-likeness (QED) is 0.469. The van der Waals surface area contributed by atoms with Crippen LogP contribution in [0, 0.1) is 0 Å². The number of carbonyl (C=O) groups is 1. The summed E-state index contributed by atoms with van der Waals surface area (Å²) in [6.07, 6.45) is -0.627. The van der Waals surface area contributed by atoms with Crippen LogP contribution in [0.15, 0.2) is 52.0 Å². The number of aromatic amines is 1. The van der Waals surface area contributed by atoms with Crippen molar-refractivity contribution in [1.29, 1.82) is 0 Å². The smallest absolute Gasteiger partial charge is 0.267 e. The summed E-state index contributed by atoms with van der Waals surface area (Å²) in [5.74, 6) is 1.87. The van der Waals surface area contributed by atoms with E-state index in [-0.39, 0.29) is 18.1 Å². The highest BCUT2D eigenvalue weighted by Crippen LogP contribution is 2.34. The number of benzene rings is 1. The van der Waals surface area contributed by atoms with Gasteiger partial charge in [-0.1, -0.05) is 18.2 Å². The van der Waals surface area contributed by atoms with E-state index in [1.807, 2.05) is 52.1 Å². The molecule has 0 unspecified atom stereocenters. The highest BCUT2D eigenvalue weighted by molar-refractivity contribution is 7.18. The molecule has 6 rings (SSSR count). The number of H-pyrrole nitrogens is 1. The molecule has 0 radical (unpaired) electrons. The summed E-state index contributed by atoms with van der Waals surface area (Å²) in [7, 11) is 0. The molecule has 5 heterocycles. The van der Waals surface area contributed by atoms with Gasteiger partial charge >= 0.3 is 0 Å². The number of para-hydroxylation sites is 2. The highest BCUT2D eigenvalue weighted by Gasteiger charge is 2.32. The molecule has 1 saturated heterocycles. The van der Waals surface area contributed by atoms with Crippen molar-refractivity contribution < 1.29 is 14.3 Å². The number of hydrogen-bond acceptors (Lipinski definition) is 8. The fourth-order valence-electron chi connectivity index (χ4n) is 4.36. The van der Waals surface area contributed by atoms with Gasteiger partial charge in [0.1, 0.15) is 17.3 Å². The molecule has 0 aliphatic carbocycles. The molecule has 1 aromatic carbocycles. The van der Waals surface area contributed by atoms with Crippen molar-refractivity contribution in [3.63, 3.8) is 0 Å². The Morgan fingerprint density at radius 2 is 1.91 bits per heavy atom. The van der Waals surface area contributed by atoms with Crippen molar-refractivity contribution in [3.8, 4) is 21.9 Å². The van der Waals surface area contributed by atoms with Crippen LogP contribution in [0.3, 0.4) is 0 Å². The summed E-state index contributed by atoms with van der Waals surface area (Å²) < 4.78 is 11.6. The Kier molecular flexibility index (Phi) is 5.56. The second-order valence-electron chi connectivity index (χ2n) is 8.29. The predicted molar refractivity (Wildman–Crippen MR) is 132 cm³/mol. The van der Waals surface area contributed by atoms with Crippen LogP contribution < -0.4 is 15.0 Å². The molecule has 1 fully saturated rings. The maximum Gasteiger partial charge on any atom is 0.267 e. The summed E-state index contributed by atoms with van der Waals surface area (Å²) in [4.78, 5) is 39.3. The van der Waals surface area contributed by atoms with Gasteiger partial charge in [-0.2, -0.15) is 0 Å². The van der Waals surface area contributed by atoms with E-state index in [1.54, 1.807) is 11.3 Å². The van der Waals surface area contributed by atoms with Gasteiger partial charge in [-0.05, 0) is 23.6 Å². The molecule has 1 amide bonds. The molecule has 1 N–H and O–H groups in total. The first-order chi connectivity index (χ1) is 16.7. The number of piperazine rings is 1. The lowest BCUT2D eigenvalue weighted by Crippen LogP contribution is -2.53. The first-order valence-electron chi connectivity index (χ1n) is 11.1. The number of thiophene rings is 2. The molecular formula is C24H22N4O4S2. The third-order valence-electron chi connectivity index (χ3n) is 6.12.